The van der Waals surface area contributed by atoms with E-state index in [2.05, 4.69) is 15.4 Å². The highest BCUT2D eigenvalue weighted by atomic mass is 35.5. The van der Waals surface area contributed by atoms with Crippen LogP contribution >= 0.6 is 11.6 Å². The molecule has 2 aromatic heterocycles. The molecule has 11 heteroatoms. The zero-order valence-electron chi connectivity index (χ0n) is 19.1. The van der Waals surface area contributed by atoms with Crippen LogP contribution in [0.2, 0.25) is 5.02 Å². The Balaban J connectivity index is 1.73. The molecule has 2 aromatic carbocycles. The number of nitrogens with one attached hydrogen (secondary N) is 1. The second-order valence-electron chi connectivity index (χ2n) is 8.74. The van der Waals surface area contributed by atoms with Crippen molar-refractivity contribution in [3.63, 3.8) is 0 Å². The van der Waals surface area contributed by atoms with Crippen LogP contribution in [0.1, 0.15) is 34.5 Å². The van der Waals surface area contributed by atoms with Crippen molar-refractivity contribution in [2.24, 2.45) is 0 Å². The number of rotatable bonds is 5. The number of nitrogens with zero attached hydrogens (tertiary/aromatic N) is 3. The van der Waals surface area contributed by atoms with Gasteiger partial charge in [0.05, 0.1) is 17.2 Å². The van der Waals surface area contributed by atoms with Gasteiger partial charge in [0, 0.05) is 34.0 Å². The van der Waals surface area contributed by atoms with Gasteiger partial charge in [0.1, 0.15) is 11.3 Å². The summed E-state index contributed by atoms with van der Waals surface area (Å²) >= 11 is 6.46. The number of carbonyl (C=O) groups is 1. The predicted molar refractivity (Wildman–Crippen MR) is 133 cm³/mol. The molecule has 4 aromatic rings. The summed E-state index contributed by atoms with van der Waals surface area (Å²) in [5.74, 6) is -1.14. The topological polar surface area (TPSA) is 93.4 Å². The SMILES string of the molecule is Cc1ccc(-c2c(-c3ccccc3Cl)cnc3c(C(=O)N[C@@H]4CCS(=O)(=O)C4)c(C(F)F)nn23)cc1. The summed E-state index contributed by atoms with van der Waals surface area (Å²) in [4.78, 5) is 17.5. The Morgan fingerprint density at radius 1 is 1.14 bits per heavy atom. The minimum Gasteiger partial charge on any atom is -0.348 e. The number of carbonyl (C=O) groups excluding carboxylic acids is 1. The van der Waals surface area contributed by atoms with Crippen molar-refractivity contribution in [2.45, 2.75) is 25.8 Å². The molecule has 0 aliphatic carbocycles. The van der Waals surface area contributed by atoms with Crippen LogP contribution in [0.4, 0.5) is 8.78 Å². The molecule has 0 saturated carbocycles. The molecule has 1 atom stereocenters. The highest BCUT2D eigenvalue weighted by Crippen LogP contribution is 2.37. The second-order valence-corrected chi connectivity index (χ2v) is 11.4. The average molecular weight is 531 g/mol. The summed E-state index contributed by atoms with van der Waals surface area (Å²) < 4.78 is 53.1. The lowest BCUT2D eigenvalue weighted by molar-refractivity contribution is 0.0928. The molecule has 0 unspecified atom stereocenters. The van der Waals surface area contributed by atoms with Crippen LogP contribution in [-0.4, -0.2) is 46.5 Å². The summed E-state index contributed by atoms with van der Waals surface area (Å²) in [6.07, 6.45) is -1.36. The number of fused-ring (bicyclic) bond motifs is 1. The first-order chi connectivity index (χ1) is 17.1. The van der Waals surface area contributed by atoms with Crippen molar-refractivity contribution in [3.05, 3.63) is 76.6 Å². The van der Waals surface area contributed by atoms with Gasteiger partial charge in [0.2, 0.25) is 0 Å². The fourth-order valence-corrected chi connectivity index (χ4v) is 6.32. The Hall–Kier alpha value is -3.37. The van der Waals surface area contributed by atoms with E-state index in [1.54, 1.807) is 24.3 Å². The van der Waals surface area contributed by atoms with Crippen molar-refractivity contribution in [3.8, 4) is 22.4 Å². The molecule has 0 radical (unpaired) electrons. The van der Waals surface area contributed by atoms with E-state index in [0.29, 0.717) is 27.4 Å². The maximum atomic E-state index is 14.1. The molecule has 186 valence electrons. The van der Waals surface area contributed by atoms with Gasteiger partial charge in [-0.1, -0.05) is 59.6 Å². The molecule has 7 nitrogen and oxygen atoms in total. The number of benzene rings is 2. The van der Waals surface area contributed by atoms with Gasteiger partial charge in [-0.15, -0.1) is 0 Å². The maximum absolute atomic E-state index is 14.1. The number of aromatic nitrogens is 3. The summed E-state index contributed by atoms with van der Waals surface area (Å²) in [6, 6.07) is 13.8. The maximum Gasteiger partial charge on any atom is 0.283 e. The highest BCUT2D eigenvalue weighted by Gasteiger charge is 2.33. The van der Waals surface area contributed by atoms with Crippen LogP contribution in [0.3, 0.4) is 0 Å². The molecule has 0 bridgehead atoms. The van der Waals surface area contributed by atoms with Crippen LogP contribution in [-0.2, 0) is 9.84 Å². The van der Waals surface area contributed by atoms with Gasteiger partial charge < -0.3 is 5.32 Å². The largest absolute Gasteiger partial charge is 0.348 e. The summed E-state index contributed by atoms with van der Waals surface area (Å²) in [5, 5.41) is 7.15. The minimum absolute atomic E-state index is 0.0602. The van der Waals surface area contributed by atoms with Gasteiger partial charge in [-0.05, 0) is 19.4 Å². The Bertz CT molecular complexity index is 1590. The van der Waals surface area contributed by atoms with Crippen LogP contribution in [0, 0.1) is 6.92 Å². The third kappa shape index (κ3) is 4.46. The first-order valence-electron chi connectivity index (χ1n) is 11.2. The Morgan fingerprint density at radius 2 is 1.86 bits per heavy atom. The number of halogens is 3. The molecular weight excluding hydrogens is 510 g/mol. The molecule has 1 aliphatic rings. The lowest BCUT2D eigenvalue weighted by Gasteiger charge is -2.14. The minimum atomic E-state index is -3.28. The second kappa shape index (κ2) is 9.25. The van der Waals surface area contributed by atoms with Crippen LogP contribution < -0.4 is 5.32 Å². The zero-order chi connectivity index (χ0) is 25.6. The van der Waals surface area contributed by atoms with E-state index in [1.807, 2.05) is 31.2 Å². The molecular formula is C25H21ClF2N4O3S. The van der Waals surface area contributed by atoms with E-state index in [4.69, 9.17) is 11.6 Å². The van der Waals surface area contributed by atoms with Crippen molar-refractivity contribution >= 4 is 33.0 Å². The molecule has 1 aliphatic heterocycles. The van der Waals surface area contributed by atoms with Crippen LogP contribution in [0.25, 0.3) is 28.0 Å². The Labute approximate surface area is 211 Å². The van der Waals surface area contributed by atoms with Crippen molar-refractivity contribution in [1.82, 2.24) is 19.9 Å². The molecule has 3 heterocycles. The van der Waals surface area contributed by atoms with Gasteiger partial charge in [-0.3, -0.25) is 4.79 Å². The van der Waals surface area contributed by atoms with E-state index in [-0.39, 0.29) is 29.1 Å². The van der Waals surface area contributed by atoms with Crippen molar-refractivity contribution < 1.29 is 22.0 Å². The number of hydrogen-bond donors (Lipinski definition) is 1. The van der Waals surface area contributed by atoms with E-state index >= 15 is 0 Å². The van der Waals surface area contributed by atoms with Crippen molar-refractivity contribution in [1.29, 1.82) is 0 Å². The van der Waals surface area contributed by atoms with Gasteiger partial charge in [0.15, 0.2) is 15.5 Å². The number of hydrogen-bond acceptors (Lipinski definition) is 5. The molecule has 1 N–H and O–H groups in total. The van der Waals surface area contributed by atoms with Crippen LogP contribution in [0.5, 0.6) is 0 Å². The first kappa shape index (κ1) is 24.3. The summed E-state index contributed by atoms with van der Waals surface area (Å²) in [7, 11) is -3.28. The highest BCUT2D eigenvalue weighted by molar-refractivity contribution is 7.91. The lowest BCUT2D eigenvalue weighted by Crippen LogP contribution is -2.36. The molecule has 1 amide bonds. The molecule has 1 fully saturated rings. The van der Waals surface area contributed by atoms with Crippen molar-refractivity contribution in [2.75, 3.05) is 11.5 Å². The van der Waals surface area contributed by atoms with E-state index in [9.17, 15) is 22.0 Å². The molecule has 36 heavy (non-hydrogen) atoms. The zero-order valence-corrected chi connectivity index (χ0v) is 20.7. The number of sulfone groups is 1. The molecule has 5 rings (SSSR count). The van der Waals surface area contributed by atoms with Gasteiger partial charge in [0.25, 0.3) is 12.3 Å². The lowest BCUT2D eigenvalue weighted by atomic mass is 10.00. The molecule has 1 saturated heterocycles. The third-order valence-electron chi connectivity index (χ3n) is 6.16. The monoisotopic (exact) mass is 530 g/mol. The van der Waals surface area contributed by atoms with Gasteiger partial charge in [-0.25, -0.2) is 26.7 Å². The van der Waals surface area contributed by atoms with Gasteiger partial charge >= 0.3 is 0 Å². The number of amides is 1. The fraction of sp³-hybridized carbons (Fsp3) is 0.240. The van der Waals surface area contributed by atoms with Gasteiger partial charge in [-0.2, -0.15) is 5.10 Å². The number of alkyl halides is 2. The average Bonchev–Trinajstić information content (AvgIpc) is 3.39. The van der Waals surface area contributed by atoms with Crippen LogP contribution in [0.15, 0.2) is 54.7 Å². The fourth-order valence-electron chi connectivity index (χ4n) is 4.40. The Morgan fingerprint density at radius 3 is 2.50 bits per heavy atom. The summed E-state index contributed by atoms with van der Waals surface area (Å²) in [5.41, 5.74) is 2.12. The molecule has 0 spiro atoms. The first-order valence-corrected chi connectivity index (χ1v) is 13.4. The summed E-state index contributed by atoms with van der Waals surface area (Å²) in [6.45, 7) is 1.93. The number of aryl methyl sites for hydroxylation is 1. The Kier molecular flexibility index (Phi) is 6.25. The normalized spacial score (nSPS) is 17.1. The van der Waals surface area contributed by atoms with E-state index in [1.165, 1.54) is 10.7 Å². The van der Waals surface area contributed by atoms with E-state index < -0.39 is 33.9 Å². The smallest absolute Gasteiger partial charge is 0.283 e. The standard InChI is InChI=1S/C25H21ClF2N4O3S/c1-14-6-8-15(9-7-14)22-18(17-4-2-3-5-19(17)26)12-29-24-20(21(23(27)28)31-32(22)24)25(33)30-16-10-11-36(34,35)13-16/h2-9,12,16,23H,10-11,13H2,1H3,(H,30,33)/t16-/m1/s1. The third-order valence-corrected chi connectivity index (χ3v) is 8.26. The quantitative estimate of drug-likeness (QED) is 0.397. The predicted octanol–water partition coefficient (Wildman–Crippen LogP) is 4.88. The van der Waals surface area contributed by atoms with E-state index in [0.717, 1.165) is 5.56 Å².